The van der Waals surface area contributed by atoms with E-state index >= 15 is 0 Å². The van der Waals surface area contributed by atoms with Crippen LogP contribution in [0.15, 0.2) is 53.5 Å². The first-order chi connectivity index (χ1) is 17.6. The number of para-hydroxylation sites is 1. The maximum atomic E-state index is 13.3. The van der Waals surface area contributed by atoms with Gasteiger partial charge in [0.1, 0.15) is 6.07 Å². The molecule has 8 nitrogen and oxygen atoms in total. The second-order valence-electron chi connectivity index (χ2n) is 8.64. The standard InChI is InChI=1S/C26H26F3N5O3/c1-2-7-17(22(31)35)18(12-13-26(27,28)29)24(36)34-23-25(37)33-21-16(14-30)10-6-11-19(21)20(32-23)15-8-4-3-5-9-15/h3-6,8-11,17-18,23H,2,7,12-13H2,1H3,(H2,31,35)(H,33,37)(H,34,36). The van der Waals surface area contributed by atoms with Crippen LogP contribution in [-0.2, 0) is 14.4 Å². The number of aliphatic imine (C=N–C) groups is 1. The van der Waals surface area contributed by atoms with Gasteiger partial charge in [0.25, 0.3) is 5.91 Å². The molecule has 0 fully saturated rings. The van der Waals surface area contributed by atoms with Crippen molar-refractivity contribution >= 4 is 29.1 Å². The van der Waals surface area contributed by atoms with Crippen molar-refractivity contribution < 1.29 is 27.6 Å². The molecule has 194 valence electrons. The summed E-state index contributed by atoms with van der Waals surface area (Å²) in [5, 5.41) is 14.6. The number of carbonyl (C=O) groups is 3. The van der Waals surface area contributed by atoms with E-state index in [-0.39, 0.29) is 17.7 Å². The molecular weight excluding hydrogens is 487 g/mol. The Morgan fingerprint density at radius 2 is 1.84 bits per heavy atom. The van der Waals surface area contributed by atoms with Gasteiger partial charge in [0.15, 0.2) is 0 Å². The van der Waals surface area contributed by atoms with Crippen LogP contribution < -0.4 is 16.4 Å². The van der Waals surface area contributed by atoms with Crippen LogP contribution in [0.1, 0.15) is 49.3 Å². The van der Waals surface area contributed by atoms with Gasteiger partial charge in [-0.1, -0.05) is 55.8 Å². The summed E-state index contributed by atoms with van der Waals surface area (Å²) in [4.78, 5) is 42.9. The Kier molecular flexibility index (Phi) is 8.65. The Morgan fingerprint density at radius 3 is 2.43 bits per heavy atom. The van der Waals surface area contributed by atoms with Gasteiger partial charge in [-0.2, -0.15) is 18.4 Å². The van der Waals surface area contributed by atoms with E-state index in [0.29, 0.717) is 23.3 Å². The zero-order valence-corrected chi connectivity index (χ0v) is 20.0. The van der Waals surface area contributed by atoms with Crippen LogP contribution in [0.4, 0.5) is 18.9 Å². The molecule has 3 atom stereocenters. The highest BCUT2D eigenvalue weighted by atomic mass is 19.4. The molecule has 3 amide bonds. The molecule has 0 radical (unpaired) electrons. The summed E-state index contributed by atoms with van der Waals surface area (Å²) in [5.74, 6) is -5.19. The Hall–Kier alpha value is -4.20. The number of nitrogens with one attached hydrogen (secondary N) is 2. The number of halogens is 3. The number of primary amides is 1. The van der Waals surface area contributed by atoms with Crippen molar-refractivity contribution in [2.24, 2.45) is 22.6 Å². The lowest BCUT2D eigenvalue weighted by atomic mass is 9.83. The molecule has 0 spiro atoms. The molecule has 0 saturated carbocycles. The van der Waals surface area contributed by atoms with Crippen LogP contribution in [0, 0.1) is 23.2 Å². The minimum atomic E-state index is -4.55. The fourth-order valence-corrected chi connectivity index (χ4v) is 4.28. The summed E-state index contributed by atoms with van der Waals surface area (Å²) in [5.41, 5.74) is 7.12. The first kappa shape index (κ1) is 27.4. The van der Waals surface area contributed by atoms with E-state index in [9.17, 15) is 32.8 Å². The van der Waals surface area contributed by atoms with Crippen LogP contribution in [0.25, 0.3) is 0 Å². The molecule has 1 aliphatic heterocycles. The van der Waals surface area contributed by atoms with Gasteiger partial charge < -0.3 is 16.4 Å². The van der Waals surface area contributed by atoms with Gasteiger partial charge in [-0.15, -0.1) is 0 Å². The topological polar surface area (TPSA) is 137 Å². The summed E-state index contributed by atoms with van der Waals surface area (Å²) in [6, 6.07) is 15.5. The average molecular weight is 514 g/mol. The van der Waals surface area contributed by atoms with Gasteiger partial charge in [0, 0.05) is 29.4 Å². The largest absolute Gasteiger partial charge is 0.389 e. The van der Waals surface area contributed by atoms with Gasteiger partial charge in [-0.05, 0) is 18.9 Å². The molecule has 0 bridgehead atoms. The lowest BCUT2D eigenvalue weighted by Gasteiger charge is -2.25. The summed E-state index contributed by atoms with van der Waals surface area (Å²) < 4.78 is 39.0. The van der Waals surface area contributed by atoms with E-state index in [1.54, 1.807) is 49.4 Å². The van der Waals surface area contributed by atoms with E-state index in [1.165, 1.54) is 6.07 Å². The van der Waals surface area contributed by atoms with Crippen molar-refractivity contribution in [3.8, 4) is 6.07 Å². The number of hydrogen-bond donors (Lipinski definition) is 3. The number of anilines is 1. The van der Waals surface area contributed by atoms with Gasteiger partial charge in [-0.3, -0.25) is 14.4 Å². The lowest BCUT2D eigenvalue weighted by molar-refractivity contribution is -0.146. The van der Waals surface area contributed by atoms with Gasteiger partial charge in [0.2, 0.25) is 18.0 Å². The molecule has 1 aliphatic rings. The highest BCUT2D eigenvalue weighted by molar-refractivity contribution is 6.20. The highest BCUT2D eigenvalue weighted by Gasteiger charge is 2.38. The normalized spacial score (nSPS) is 16.8. The maximum Gasteiger partial charge on any atom is 0.389 e. The van der Waals surface area contributed by atoms with Crippen molar-refractivity contribution in [1.29, 1.82) is 5.26 Å². The van der Waals surface area contributed by atoms with Crippen molar-refractivity contribution in [1.82, 2.24) is 5.32 Å². The quantitative estimate of drug-likeness (QED) is 0.471. The Morgan fingerprint density at radius 1 is 1.14 bits per heavy atom. The number of nitriles is 1. The first-order valence-corrected chi connectivity index (χ1v) is 11.7. The maximum absolute atomic E-state index is 13.3. The van der Waals surface area contributed by atoms with E-state index in [1.807, 2.05) is 6.07 Å². The zero-order chi connectivity index (χ0) is 27.2. The van der Waals surface area contributed by atoms with E-state index < -0.39 is 54.7 Å². The summed E-state index contributed by atoms with van der Waals surface area (Å²) in [6.07, 6.45) is -7.55. The number of carbonyl (C=O) groups excluding carboxylic acids is 3. The predicted molar refractivity (Wildman–Crippen MR) is 130 cm³/mol. The number of nitrogens with two attached hydrogens (primary N) is 1. The van der Waals surface area contributed by atoms with Crippen molar-refractivity contribution in [3.05, 3.63) is 65.2 Å². The molecule has 37 heavy (non-hydrogen) atoms. The predicted octanol–water partition coefficient (Wildman–Crippen LogP) is 3.65. The van der Waals surface area contributed by atoms with E-state index in [2.05, 4.69) is 15.6 Å². The second-order valence-corrected chi connectivity index (χ2v) is 8.64. The van der Waals surface area contributed by atoms with Crippen LogP contribution in [-0.4, -0.2) is 35.8 Å². The third-order valence-corrected chi connectivity index (χ3v) is 6.05. The SMILES string of the molecule is CCCC(C(N)=O)C(CCC(F)(F)F)C(=O)NC1N=C(c2ccccc2)c2cccc(C#N)c2NC1=O. The molecule has 0 saturated heterocycles. The molecule has 3 unspecified atom stereocenters. The fraction of sp³-hybridized carbons (Fsp3) is 0.346. The van der Waals surface area contributed by atoms with E-state index in [0.717, 1.165) is 0 Å². The number of hydrogen-bond acceptors (Lipinski definition) is 5. The monoisotopic (exact) mass is 513 g/mol. The van der Waals surface area contributed by atoms with Crippen molar-refractivity contribution in [2.45, 2.75) is 44.9 Å². The van der Waals surface area contributed by atoms with Gasteiger partial charge in [0.05, 0.1) is 17.0 Å². The third kappa shape index (κ3) is 6.73. The number of amides is 3. The smallest absolute Gasteiger partial charge is 0.369 e. The number of rotatable bonds is 9. The van der Waals surface area contributed by atoms with Gasteiger partial charge >= 0.3 is 6.18 Å². The Labute approximate surface area is 211 Å². The van der Waals surface area contributed by atoms with Crippen LogP contribution in [0.2, 0.25) is 0 Å². The summed E-state index contributed by atoms with van der Waals surface area (Å²) in [6.45, 7) is 1.72. The molecule has 3 rings (SSSR count). The number of fused-ring (bicyclic) bond motifs is 1. The number of nitrogens with zero attached hydrogens (tertiary/aromatic N) is 2. The third-order valence-electron chi connectivity index (χ3n) is 6.05. The van der Waals surface area contributed by atoms with E-state index in [4.69, 9.17) is 5.73 Å². The number of alkyl halides is 3. The van der Waals surface area contributed by atoms with Crippen LogP contribution in [0.5, 0.6) is 0 Å². The van der Waals surface area contributed by atoms with Crippen molar-refractivity contribution in [2.75, 3.05) is 5.32 Å². The minimum absolute atomic E-state index is 0.109. The van der Waals surface area contributed by atoms with Crippen LogP contribution in [0.3, 0.4) is 0 Å². The molecule has 2 aromatic carbocycles. The lowest BCUT2D eigenvalue weighted by Crippen LogP contribution is -2.48. The molecule has 1 heterocycles. The second kappa shape index (κ2) is 11.7. The Bertz CT molecular complexity index is 1240. The summed E-state index contributed by atoms with van der Waals surface area (Å²) in [7, 11) is 0. The molecule has 2 aromatic rings. The first-order valence-electron chi connectivity index (χ1n) is 11.7. The number of benzodiazepines with no additional fused rings is 1. The molecular formula is C26H26F3N5O3. The number of benzene rings is 2. The molecule has 4 N–H and O–H groups in total. The summed E-state index contributed by atoms with van der Waals surface area (Å²) >= 11 is 0. The molecule has 11 heteroatoms. The minimum Gasteiger partial charge on any atom is -0.369 e. The van der Waals surface area contributed by atoms with Crippen molar-refractivity contribution in [3.63, 3.8) is 0 Å². The van der Waals surface area contributed by atoms with Crippen LogP contribution >= 0.6 is 0 Å². The average Bonchev–Trinajstić information content (AvgIpc) is 2.99. The molecule has 0 aliphatic carbocycles. The highest BCUT2D eigenvalue weighted by Crippen LogP contribution is 2.31. The fourth-order valence-electron chi connectivity index (χ4n) is 4.28. The Balaban J connectivity index is 2.02. The zero-order valence-electron chi connectivity index (χ0n) is 20.0. The molecule has 0 aromatic heterocycles. The van der Waals surface area contributed by atoms with Gasteiger partial charge in [-0.25, -0.2) is 4.99 Å².